The number of para-hydroxylation sites is 1. The van der Waals surface area contributed by atoms with Crippen LogP contribution in [0.15, 0.2) is 53.4 Å². The van der Waals surface area contributed by atoms with Crippen LogP contribution in [0.1, 0.15) is 18.1 Å². The second-order valence-corrected chi connectivity index (χ2v) is 7.42. The molecule has 0 amide bonds. The fourth-order valence-electron chi connectivity index (χ4n) is 2.17. The van der Waals surface area contributed by atoms with Crippen molar-refractivity contribution in [2.75, 3.05) is 6.54 Å². The summed E-state index contributed by atoms with van der Waals surface area (Å²) in [5.41, 5.74) is 0.498. The summed E-state index contributed by atoms with van der Waals surface area (Å²) in [6, 6.07) is 10.8. The van der Waals surface area contributed by atoms with Crippen LogP contribution in [0.3, 0.4) is 0 Å². The SMILES string of the molecule is O=S(=O)(NCCC(O)c1cccc(Cl)c1)c1ccccc1OC(F)(F)F. The fourth-order valence-corrected chi connectivity index (χ4v) is 3.54. The number of ether oxygens (including phenoxy) is 1. The fraction of sp³-hybridized carbons (Fsp3) is 0.250. The highest BCUT2D eigenvalue weighted by molar-refractivity contribution is 7.89. The lowest BCUT2D eigenvalue weighted by molar-refractivity contribution is -0.275. The zero-order valence-corrected chi connectivity index (χ0v) is 14.8. The van der Waals surface area contributed by atoms with Crippen molar-refractivity contribution in [1.82, 2.24) is 4.72 Å². The van der Waals surface area contributed by atoms with Gasteiger partial charge in [-0.05, 0) is 36.2 Å². The first-order valence-corrected chi connectivity index (χ1v) is 9.22. The summed E-state index contributed by atoms with van der Waals surface area (Å²) in [4.78, 5) is -0.644. The molecule has 2 aromatic rings. The Bertz CT molecular complexity index is 859. The summed E-state index contributed by atoms with van der Waals surface area (Å²) >= 11 is 5.82. The first-order chi connectivity index (χ1) is 12.1. The topological polar surface area (TPSA) is 75.6 Å². The van der Waals surface area contributed by atoms with Crippen LogP contribution in [-0.2, 0) is 10.0 Å². The Morgan fingerprint density at radius 1 is 1.15 bits per heavy atom. The van der Waals surface area contributed by atoms with E-state index < -0.39 is 33.1 Å². The van der Waals surface area contributed by atoms with Gasteiger partial charge in [0.05, 0.1) is 6.10 Å². The number of nitrogens with one attached hydrogen (secondary N) is 1. The molecule has 2 rings (SSSR count). The molecule has 0 aliphatic heterocycles. The van der Waals surface area contributed by atoms with Crippen molar-refractivity contribution in [3.63, 3.8) is 0 Å². The molecule has 10 heteroatoms. The van der Waals surface area contributed by atoms with Gasteiger partial charge in [-0.25, -0.2) is 13.1 Å². The summed E-state index contributed by atoms with van der Waals surface area (Å²) < 4.78 is 67.6. The molecule has 0 radical (unpaired) electrons. The molecule has 2 N–H and O–H groups in total. The molecule has 0 fully saturated rings. The van der Waals surface area contributed by atoms with Gasteiger partial charge in [-0.15, -0.1) is 13.2 Å². The van der Waals surface area contributed by atoms with E-state index in [1.54, 1.807) is 18.2 Å². The molecule has 0 bridgehead atoms. The van der Waals surface area contributed by atoms with Crippen molar-refractivity contribution in [1.29, 1.82) is 0 Å². The number of halogens is 4. The summed E-state index contributed by atoms with van der Waals surface area (Å²) in [6.45, 7) is -0.198. The van der Waals surface area contributed by atoms with Gasteiger partial charge in [0.1, 0.15) is 10.6 Å². The second-order valence-electron chi connectivity index (χ2n) is 5.25. The molecule has 1 unspecified atom stereocenters. The van der Waals surface area contributed by atoms with Gasteiger partial charge in [0.2, 0.25) is 10.0 Å². The van der Waals surface area contributed by atoms with Crippen LogP contribution >= 0.6 is 11.6 Å². The molecular weight excluding hydrogens is 395 g/mol. The highest BCUT2D eigenvalue weighted by Gasteiger charge is 2.33. The van der Waals surface area contributed by atoms with Crippen molar-refractivity contribution in [2.24, 2.45) is 0 Å². The summed E-state index contributed by atoms with van der Waals surface area (Å²) in [6.07, 6.45) is -6.01. The highest BCUT2D eigenvalue weighted by atomic mass is 35.5. The predicted molar refractivity (Wildman–Crippen MR) is 89.3 cm³/mol. The first-order valence-electron chi connectivity index (χ1n) is 7.36. The molecule has 5 nitrogen and oxygen atoms in total. The predicted octanol–water partition coefficient (Wildman–Crippen LogP) is 3.64. The van der Waals surface area contributed by atoms with Gasteiger partial charge in [0, 0.05) is 11.6 Å². The maximum Gasteiger partial charge on any atom is 0.573 e. The summed E-state index contributed by atoms with van der Waals surface area (Å²) in [5, 5.41) is 10.5. The lowest BCUT2D eigenvalue weighted by Crippen LogP contribution is -2.27. The Morgan fingerprint density at radius 3 is 2.50 bits per heavy atom. The molecule has 1 atom stereocenters. The van der Waals surface area contributed by atoms with Crippen LogP contribution in [0.4, 0.5) is 13.2 Å². The molecule has 0 spiro atoms. The Hall–Kier alpha value is -1.81. The van der Waals surface area contributed by atoms with Crippen LogP contribution in [0.5, 0.6) is 5.75 Å². The van der Waals surface area contributed by atoms with Crippen LogP contribution < -0.4 is 9.46 Å². The summed E-state index contributed by atoms with van der Waals surface area (Å²) in [5.74, 6) is -0.831. The van der Waals surface area contributed by atoms with Gasteiger partial charge < -0.3 is 9.84 Å². The quantitative estimate of drug-likeness (QED) is 0.732. The van der Waals surface area contributed by atoms with Crippen molar-refractivity contribution in [3.8, 4) is 5.75 Å². The summed E-state index contributed by atoms with van der Waals surface area (Å²) in [7, 11) is -4.26. The van der Waals surface area contributed by atoms with E-state index in [0.717, 1.165) is 12.1 Å². The zero-order valence-electron chi connectivity index (χ0n) is 13.2. The van der Waals surface area contributed by atoms with Gasteiger partial charge in [0.15, 0.2) is 0 Å². The standard InChI is InChI=1S/C16H15ClF3NO4S/c17-12-5-3-4-11(10-12)13(22)8-9-21-26(23,24)15-7-2-1-6-14(15)25-16(18,19)20/h1-7,10,13,21-22H,8-9H2. The molecule has 2 aromatic carbocycles. The van der Waals surface area contributed by atoms with E-state index in [2.05, 4.69) is 9.46 Å². The average molecular weight is 410 g/mol. The number of hydrogen-bond acceptors (Lipinski definition) is 4. The van der Waals surface area contributed by atoms with E-state index in [1.807, 2.05) is 0 Å². The molecule has 26 heavy (non-hydrogen) atoms. The van der Waals surface area contributed by atoms with Crippen LogP contribution in [0.25, 0.3) is 0 Å². The number of alkyl halides is 3. The third-order valence-electron chi connectivity index (χ3n) is 3.31. The van der Waals surface area contributed by atoms with Gasteiger partial charge in [-0.3, -0.25) is 0 Å². The average Bonchev–Trinajstić information content (AvgIpc) is 2.53. The largest absolute Gasteiger partial charge is 0.573 e. The number of aliphatic hydroxyl groups is 1. The number of rotatable bonds is 7. The Kier molecular flexibility index (Phi) is 6.51. The van der Waals surface area contributed by atoms with Gasteiger partial charge in [-0.1, -0.05) is 35.9 Å². The number of benzene rings is 2. The second kappa shape index (κ2) is 8.26. The van der Waals surface area contributed by atoms with Gasteiger partial charge in [-0.2, -0.15) is 0 Å². The molecule has 0 saturated heterocycles. The number of aliphatic hydroxyl groups excluding tert-OH is 1. The Balaban J connectivity index is 2.05. The molecular formula is C16H15ClF3NO4S. The van der Waals surface area contributed by atoms with Crippen LogP contribution in [0, 0.1) is 0 Å². The molecule has 0 aromatic heterocycles. The third kappa shape index (κ3) is 5.87. The van der Waals surface area contributed by atoms with E-state index in [-0.39, 0.29) is 13.0 Å². The lowest BCUT2D eigenvalue weighted by atomic mass is 10.1. The smallest absolute Gasteiger partial charge is 0.404 e. The Labute approximate surface area is 153 Å². The minimum atomic E-state index is -5.02. The van der Waals surface area contributed by atoms with Crippen molar-refractivity contribution in [2.45, 2.75) is 23.8 Å². The van der Waals surface area contributed by atoms with E-state index in [4.69, 9.17) is 11.6 Å². The zero-order chi connectivity index (χ0) is 19.4. The van der Waals surface area contributed by atoms with E-state index in [9.17, 15) is 26.7 Å². The van der Waals surface area contributed by atoms with Crippen LogP contribution in [-0.4, -0.2) is 26.4 Å². The van der Waals surface area contributed by atoms with E-state index in [1.165, 1.54) is 18.2 Å². The Morgan fingerprint density at radius 2 is 1.85 bits per heavy atom. The minimum absolute atomic E-state index is 0.00185. The number of hydrogen-bond donors (Lipinski definition) is 2. The van der Waals surface area contributed by atoms with Gasteiger partial charge in [0.25, 0.3) is 0 Å². The van der Waals surface area contributed by atoms with Crippen LogP contribution in [0.2, 0.25) is 5.02 Å². The van der Waals surface area contributed by atoms with Crippen molar-refractivity contribution < 1.29 is 31.4 Å². The maximum atomic E-state index is 12.4. The molecule has 142 valence electrons. The lowest BCUT2D eigenvalue weighted by Gasteiger charge is -2.15. The minimum Gasteiger partial charge on any atom is -0.404 e. The van der Waals surface area contributed by atoms with Crippen molar-refractivity contribution in [3.05, 3.63) is 59.1 Å². The first kappa shape index (κ1) is 20.5. The maximum absolute atomic E-state index is 12.4. The molecule has 0 heterocycles. The van der Waals surface area contributed by atoms with E-state index in [0.29, 0.717) is 10.6 Å². The third-order valence-corrected chi connectivity index (χ3v) is 5.04. The molecule has 0 saturated carbocycles. The molecule has 0 aliphatic carbocycles. The monoisotopic (exact) mass is 409 g/mol. The van der Waals surface area contributed by atoms with Gasteiger partial charge >= 0.3 is 6.36 Å². The normalized spacial score (nSPS) is 13.4. The van der Waals surface area contributed by atoms with Crippen molar-refractivity contribution >= 4 is 21.6 Å². The van der Waals surface area contributed by atoms with E-state index >= 15 is 0 Å². The molecule has 0 aliphatic rings. The highest BCUT2D eigenvalue weighted by Crippen LogP contribution is 2.29. The number of sulfonamides is 1.